The van der Waals surface area contributed by atoms with Crippen LogP contribution in [0.3, 0.4) is 0 Å². The van der Waals surface area contributed by atoms with Gasteiger partial charge in [0.2, 0.25) is 0 Å². The molecular weight excluding hydrogens is 260 g/mol. The third kappa shape index (κ3) is 5.20. The van der Waals surface area contributed by atoms with Crippen LogP contribution in [-0.2, 0) is 13.1 Å². The molecule has 1 aromatic carbocycles. The molecule has 0 fully saturated rings. The van der Waals surface area contributed by atoms with Gasteiger partial charge in [0.25, 0.3) is 5.56 Å². The first-order chi connectivity index (χ1) is 10.1. The highest BCUT2D eigenvalue weighted by atomic mass is 16.1. The number of nitrogens with one attached hydrogen (secondary N) is 1. The van der Waals surface area contributed by atoms with E-state index in [1.54, 1.807) is 16.7 Å². The van der Waals surface area contributed by atoms with Crippen molar-refractivity contribution in [2.45, 2.75) is 33.4 Å². The smallest absolute Gasteiger partial charge is 0.250 e. The predicted molar refractivity (Wildman–Crippen MR) is 87.4 cm³/mol. The molecule has 2 aromatic rings. The lowest BCUT2D eigenvalue weighted by molar-refractivity contribution is 0.537. The topological polar surface area (TPSA) is 34.0 Å². The van der Waals surface area contributed by atoms with Gasteiger partial charge in [-0.3, -0.25) is 4.79 Å². The molecule has 3 nitrogen and oxygen atoms in total. The minimum absolute atomic E-state index is 0.0388. The third-order valence-electron chi connectivity index (χ3n) is 3.50. The van der Waals surface area contributed by atoms with Crippen LogP contribution >= 0.6 is 0 Å². The van der Waals surface area contributed by atoms with E-state index in [-0.39, 0.29) is 5.56 Å². The molecule has 0 aliphatic carbocycles. The molecule has 2 rings (SSSR count). The number of hydrogen-bond acceptors (Lipinski definition) is 2. The Kier molecular flexibility index (Phi) is 5.76. The standard InChI is InChI=1S/C18H24N2O/c1-15(2)10-11-19-13-16-6-8-17(9-7-16)14-20-12-4-3-5-18(20)21/h3-9,12,15,19H,10-11,13-14H2,1-2H3. The molecule has 0 atom stereocenters. The molecule has 0 unspecified atom stereocenters. The highest BCUT2D eigenvalue weighted by molar-refractivity contribution is 5.22. The maximum absolute atomic E-state index is 11.7. The van der Waals surface area contributed by atoms with Gasteiger partial charge < -0.3 is 9.88 Å². The Morgan fingerprint density at radius 1 is 1.05 bits per heavy atom. The van der Waals surface area contributed by atoms with Gasteiger partial charge >= 0.3 is 0 Å². The molecule has 0 amide bonds. The van der Waals surface area contributed by atoms with Crippen molar-refractivity contribution in [1.29, 1.82) is 0 Å². The zero-order valence-corrected chi connectivity index (χ0v) is 12.9. The second-order valence-corrected chi connectivity index (χ2v) is 5.84. The lowest BCUT2D eigenvalue weighted by Gasteiger charge is -2.09. The molecular formula is C18H24N2O. The van der Waals surface area contributed by atoms with Crippen LogP contribution in [0.4, 0.5) is 0 Å². The van der Waals surface area contributed by atoms with Crippen molar-refractivity contribution in [3.8, 4) is 0 Å². The van der Waals surface area contributed by atoms with Gasteiger partial charge in [0.1, 0.15) is 0 Å². The number of pyridine rings is 1. The largest absolute Gasteiger partial charge is 0.313 e. The van der Waals surface area contributed by atoms with Gasteiger partial charge in [-0.1, -0.05) is 44.2 Å². The summed E-state index contributed by atoms with van der Waals surface area (Å²) in [5, 5.41) is 3.46. The number of nitrogens with zero attached hydrogens (tertiary/aromatic N) is 1. The zero-order valence-electron chi connectivity index (χ0n) is 12.9. The molecule has 0 aliphatic heterocycles. The van der Waals surface area contributed by atoms with E-state index in [1.807, 2.05) is 12.3 Å². The van der Waals surface area contributed by atoms with Crippen LogP contribution < -0.4 is 10.9 Å². The summed E-state index contributed by atoms with van der Waals surface area (Å²) in [6, 6.07) is 13.7. The van der Waals surface area contributed by atoms with Crippen molar-refractivity contribution in [1.82, 2.24) is 9.88 Å². The van der Waals surface area contributed by atoms with E-state index in [0.29, 0.717) is 6.54 Å². The Morgan fingerprint density at radius 3 is 2.43 bits per heavy atom. The Balaban J connectivity index is 1.87. The molecule has 1 heterocycles. The van der Waals surface area contributed by atoms with Crippen molar-refractivity contribution in [2.75, 3.05) is 6.54 Å². The Hall–Kier alpha value is -1.87. The van der Waals surface area contributed by atoms with E-state index in [2.05, 4.69) is 43.4 Å². The van der Waals surface area contributed by atoms with Crippen LogP contribution in [-0.4, -0.2) is 11.1 Å². The van der Waals surface area contributed by atoms with Crippen molar-refractivity contribution < 1.29 is 0 Å². The average molecular weight is 284 g/mol. The maximum atomic E-state index is 11.7. The van der Waals surface area contributed by atoms with Crippen LogP contribution in [0.25, 0.3) is 0 Å². The second-order valence-electron chi connectivity index (χ2n) is 5.84. The first-order valence-corrected chi connectivity index (χ1v) is 7.59. The minimum Gasteiger partial charge on any atom is -0.313 e. The summed E-state index contributed by atoms with van der Waals surface area (Å²) in [5.41, 5.74) is 2.47. The average Bonchev–Trinajstić information content (AvgIpc) is 2.47. The van der Waals surface area contributed by atoms with Gasteiger partial charge in [-0.2, -0.15) is 0 Å². The molecule has 21 heavy (non-hydrogen) atoms. The summed E-state index contributed by atoms with van der Waals surface area (Å²) in [7, 11) is 0. The van der Waals surface area contributed by atoms with Gasteiger partial charge in [0.05, 0.1) is 6.54 Å². The molecule has 0 spiro atoms. The Bertz CT molecular complexity index is 599. The fourth-order valence-corrected chi connectivity index (χ4v) is 2.17. The first-order valence-electron chi connectivity index (χ1n) is 7.59. The Morgan fingerprint density at radius 2 is 1.76 bits per heavy atom. The first kappa shape index (κ1) is 15.5. The van der Waals surface area contributed by atoms with Crippen LogP contribution in [0.1, 0.15) is 31.4 Å². The van der Waals surface area contributed by atoms with E-state index in [4.69, 9.17) is 0 Å². The maximum Gasteiger partial charge on any atom is 0.250 e. The highest BCUT2D eigenvalue weighted by Crippen LogP contribution is 2.06. The molecule has 0 saturated carbocycles. The fraction of sp³-hybridized carbons (Fsp3) is 0.389. The monoisotopic (exact) mass is 284 g/mol. The van der Waals surface area contributed by atoms with E-state index < -0.39 is 0 Å². The zero-order chi connectivity index (χ0) is 15.1. The summed E-state index contributed by atoms with van der Waals surface area (Å²) >= 11 is 0. The van der Waals surface area contributed by atoms with Crippen molar-refractivity contribution in [3.63, 3.8) is 0 Å². The van der Waals surface area contributed by atoms with Crippen LogP contribution in [0, 0.1) is 5.92 Å². The summed E-state index contributed by atoms with van der Waals surface area (Å²) in [6.07, 6.45) is 3.03. The molecule has 0 bridgehead atoms. The van der Waals surface area contributed by atoms with Crippen LogP contribution in [0.5, 0.6) is 0 Å². The molecule has 3 heteroatoms. The predicted octanol–water partition coefficient (Wildman–Crippen LogP) is 3.03. The van der Waals surface area contributed by atoms with Crippen LogP contribution in [0.2, 0.25) is 0 Å². The quantitative estimate of drug-likeness (QED) is 0.793. The minimum atomic E-state index is 0.0388. The van der Waals surface area contributed by atoms with E-state index in [1.165, 1.54) is 12.0 Å². The van der Waals surface area contributed by atoms with Crippen molar-refractivity contribution >= 4 is 0 Å². The van der Waals surface area contributed by atoms with Gasteiger partial charge in [0, 0.05) is 18.8 Å². The highest BCUT2D eigenvalue weighted by Gasteiger charge is 1.99. The molecule has 0 radical (unpaired) electrons. The van der Waals surface area contributed by atoms with E-state index >= 15 is 0 Å². The number of benzene rings is 1. The number of hydrogen-bond donors (Lipinski definition) is 1. The van der Waals surface area contributed by atoms with Gasteiger partial charge in [-0.15, -0.1) is 0 Å². The second kappa shape index (κ2) is 7.79. The fourth-order valence-electron chi connectivity index (χ4n) is 2.17. The van der Waals surface area contributed by atoms with Crippen LogP contribution in [0.15, 0.2) is 53.5 Å². The summed E-state index contributed by atoms with van der Waals surface area (Å²) in [6.45, 7) is 7.06. The summed E-state index contributed by atoms with van der Waals surface area (Å²) in [4.78, 5) is 11.7. The van der Waals surface area contributed by atoms with Crippen molar-refractivity contribution in [2.24, 2.45) is 5.92 Å². The molecule has 112 valence electrons. The molecule has 0 aliphatic rings. The lowest BCUT2D eigenvalue weighted by atomic mass is 10.1. The van der Waals surface area contributed by atoms with Gasteiger partial charge in [-0.25, -0.2) is 0 Å². The van der Waals surface area contributed by atoms with E-state index in [0.717, 1.165) is 24.6 Å². The number of rotatable bonds is 7. The normalized spacial score (nSPS) is 11.0. The molecule has 1 N–H and O–H groups in total. The van der Waals surface area contributed by atoms with Gasteiger partial charge in [-0.05, 0) is 36.1 Å². The summed E-state index contributed by atoms with van der Waals surface area (Å²) in [5.74, 6) is 0.740. The lowest BCUT2D eigenvalue weighted by Crippen LogP contribution is -2.18. The SMILES string of the molecule is CC(C)CCNCc1ccc(Cn2ccccc2=O)cc1. The molecule has 0 saturated heterocycles. The van der Waals surface area contributed by atoms with Gasteiger partial charge in [0.15, 0.2) is 0 Å². The molecule has 1 aromatic heterocycles. The Labute approximate surface area is 126 Å². The van der Waals surface area contributed by atoms with E-state index in [9.17, 15) is 4.79 Å². The third-order valence-corrected chi connectivity index (χ3v) is 3.50. The summed E-state index contributed by atoms with van der Waals surface area (Å²) < 4.78 is 1.72. The van der Waals surface area contributed by atoms with Crippen molar-refractivity contribution in [3.05, 3.63) is 70.1 Å². The number of aromatic nitrogens is 1.